The molecule has 84 valence electrons. The molecule has 1 N–H and O–H groups in total. The fraction of sp³-hybridized carbons (Fsp3) is 0.500. The molecule has 0 aromatic heterocycles. The summed E-state index contributed by atoms with van der Waals surface area (Å²) in [7, 11) is 0. The highest BCUT2D eigenvalue weighted by Crippen LogP contribution is 2.29. The Hall–Kier alpha value is -0.960. The molecule has 1 aromatic rings. The summed E-state index contributed by atoms with van der Waals surface area (Å²) < 4.78 is 25.5. The van der Waals surface area contributed by atoms with E-state index in [4.69, 9.17) is 0 Å². The van der Waals surface area contributed by atoms with Crippen molar-refractivity contribution >= 4 is 0 Å². The Bertz CT molecular complexity index is 342. The zero-order chi connectivity index (χ0) is 11.6. The first kappa shape index (κ1) is 12.1. The summed E-state index contributed by atoms with van der Waals surface area (Å²) in [5, 5.41) is 9.78. The first-order valence-electron chi connectivity index (χ1n) is 4.92. The van der Waals surface area contributed by atoms with Gasteiger partial charge in [-0.2, -0.15) is 0 Å². The molecule has 3 heteroatoms. The summed E-state index contributed by atoms with van der Waals surface area (Å²) in [6.45, 7) is 5.95. The van der Waals surface area contributed by atoms with Gasteiger partial charge >= 0.3 is 0 Å². The van der Waals surface area contributed by atoms with Gasteiger partial charge < -0.3 is 5.11 Å². The minimum atomic E-state index is -0.916. The highest BCUT2D eigenvalue weighted by Gasteiger charge is 2.18. The minimum absolute atomic E-state index is 0.0513. The third-order valence-corrected chi connectivity index (χ3v) is 2.13. The number of aliphatic hydroxyl groups excluding tert-OH is 1. The van der Waals surface area contributed by atoms with Crippen molar-refractivity contribution in [3.8, 4) is 0 Å². The molecule has 0 aliphatic rings. The Morgan fingerprint density at radius 3 is 2.27 bits per heavy atom. The van der Waals surface area contributed by atoms with Crippen LogP contribution in [0.1, 0.15) is 38.9 Å². The number of benzene rings is 1. The van der Waals surface area contributed by atoms with Gasteiger partial charge in [0.15, 0.2) is 11.6 Å². The van der Waals surface area contributed by atoms with E-state index in [1.54, 1.807) is 0 Å². The summed E-state index contributed by atoms with van der Waals surface area (Å²) in [6.07, 6.45) is -0.238. The lowest BCUT2D eigenvalue weighted by Gasteiger charge is -2.22. The summed E-state index contributed by atoms with van der Waals surface area (Å²) >= 11 is 0. The predicted octanol–water partition coefficient (Wildman–Crippen LogP) is 3.43. The number of rotatable bonds is 2. The van der Waals surface area contributed by atoms with Crippen LogP contribution in [0, 0.1) is 17.0 Å². The van der Waals surface area contributed by atoms with Crippen molar-refractivity contribution in [1.82, 2.24) is 0 Å². The van der Waals surface area contributed by atoms with E-state index in [9.17, 15) is 13.9 Å². The average molecular weight is 214 g/mol. The highest BCUT2D eigenvalue weighted by molar-refractivity contribution is 5.20. The van der Waals surface area contributed by atoms with E-state index in [0.717, 1.165) is 12.1 Å². The molecule has 15 heavy (non-hydrogen) atoms. The fourth-order valence-electron chi connectivity index (χ4n) is 1.42. The average Bonchev–Trinajstić information content (AvgIpc) is 2.06. The smallest absolute Gasteiger partial charge is 0.159 e. The number of halogens is 2. The van der Waals surface area contributed by atoms with Crippen molar-refractivity contribution in [3.05, 3.63) is 35.4 Å². The molecule has 0 radical (unpaired) electrons. The largest absolute Gasteiger partial charge is 0.388 e. The van der Waals surface area contributed by atoms with Crippen LogP contribution in [0.4, 0.5) is 8.78 Å². The Balaban J connectivity index is 2.83. The van der Waals surface area contributed by atoms with Gasteiger partial charge in [-0.25, -0.2) is 8.78 Å². The first-order chi connectivity index (χ1) is 6.79. The van der Waals surface area contributed by atoms with E-state index >= 15 is 0 Å². The molecule has 0 saturated carbocycles. The van der Waals surface area contributed by atoms with Crippen molar-refractivity contribution in [3.63, 3.8) is 0 Å². The normalized spacial score (nSPS) is 14.0. The van der Waals surface area contributed by atoms with Crippen LogP contribution in [-0.4, -0.2) is 5.11 Å². The maximum atomic E-state index is 12.9. The first-order valence-corrected chi connectivity index (χ1v) is 4.92. The van der Waals surface area contributed by atoms with Gasteiger partial charge in [0.25, 0.3) is 0 Å². The molecule has 1 nitrogen and oxygen atoms in total. The Morgan fingerprint density at radius 2 is 1.80 bits per heavy atom. The Morgan fingerprint density at radius 1 is 1.20 bits per heavy atom. The summed E-state index contributed by atoms with van der Waals surface area (Å²) in [5.41, 5.74) is 0.369. The Kier molecular flexibility index (Phi) is 3.45. The molecule has 0 bridgehead atoms. The number of hydrogen-bond donors (Lipinski definition) is 1. The summed E-state index contributed by atoms with van der Waals surface area (Å²) in [6, 6.07) is 3.50. The Labute approximate surface area is 88.7 Å². The highest BCUT2D eigenvalue weighted by atomic mass is 19.2. The molecular weight excluding hydrogens is 198 g/mol. The lowest BCUT2D eigenvalue weighted by atomic mass is 9.87. The van der Waals surface area contributed by atoms with Gasteiger partial charge in [-0.3, -0.25) is 0 Å². The van der Waals surface area contributed by atoms with Crippen LogP contribution < -0.4 is 0 Å². The van der Waals surface area contributed by atoms with Crippen LogP contribution >= 0.6 is 0 Å². The minimum Gasteiger partial charge on any atom is -0.388 e. The molecule has 0 fully saturated rings. The molecule has 1 atom stereocenters. The molecule has 0 amide bonds. The van der Waals surface area contributed by atoms with E-state index < -0.39 is 17.7 Å². The van der Waals surface area contributed by atoms with Crippen molar-refractivity contribution in [1.29, 1.82) is 0 Å². The van der Waals surface area contributed by atoms with Crippen LogP contribution in [0.5, 0.6) is 0 Å². The van der Waals surface area contributed by atoms with Crippen molar-refractivity contribution in [2.45, 2.75) is 33.3 Å². The molecule has 0 heterocycles. The molecule has 0 aliphatic heterocycles. The number of hydrogen-bond acceptors (Lipinski definition) is 1. The van der Waals surface area contributed by atoms with Crippen LogP contribution in [0.3, 0.4) is 0 Å². The van der Waals surface area contributed by atoms with Crippen molar-refractivity contribution in [2.24, 2.45) is 5.41 Å². The van der Waals surface area contributed by atoms with E-state index in [1.165, 1.54) is 6.07 Å². The van der Waals surface area contributed by atoms with Gasteiger partial charge in [-0.05, 0) is 29.5 Å². The van der Waals surface area contributed by atoms with Crippen molar-refractivity contribution < 1.29 is 13.9 Å². The van der Waals surface area contributed by atoms with Gasteiger partial charge in [0.05, 0.1) is 6.10 Å². The van der Waals surface area contributed by atoms with Crippen LogP contribution in [0.15, 0.2) is 18.2 Å². The van der Waals surface area contributed by atoms with Gasteiger partial charge in [-0.15, -0.1) is 0 Å². The van der Waals surface area contributed by atoms with E-state index in [1.807, 2.05) is 20.8 Å². The van der Waals surface area contributed by atoms with Crippen molar-refractivity contribution in [2.75, 3.05) is 0 Å². The maximum Gasteiger partial charge on any atom is 0.159 e. The molecule has 0 spiro atoms. The molecule has 1 unspecified atom stereocenters. The van der Waals surface area contributed by atoms with Gasteiger partial charge in [0.2, 0.25) is 0 Å². The van der Waals surface area contributed by atoms with E-state index in [0.29, 0.717) is 12.0 Å². The molecule has 1 rings (SSSR count). The SMILES string of the molecule is CC(C)(C)CC(O)c1ccc(F)c(F)c1. The summed E-state index contributed by atoms with van der Waals surface area (Å²) in [5.74, 6) is -1.80. The van der Waals surface area contributed by atoms with Crippen LogP contribution in [0.25, 0.3) is 0 Å². The predicted molar refractivity (Wildman–Crippen MR) is 55.4 cm³/mol. The zero-order valence-electron chi connectivity index (χ0n) is 9.22. The standard InChI is InChI=1S/C12H16F2O/c1-12(2,3)7-11(15)8-4-5-9(13)10(14)6-8/h4-6,11,15H,7H2,1-3H3. The van der Waals surface area contributed by atoms with E-state index in [-0.39, 0.29) is 5.41 Å². The zero-order valence-corrected chi connectivity index (χ0v) is 9.22. The third kappa shape index (κ3) is 3.59. The fourth-order valence-corrected chi connectivity index (χ4v) is 1.42. The second kappa shape index (κ2) is 4.27. The van der Waals surface area contributed by atoms with Gasteiger partial charge in [0.1, 0.15) is 0 Å². The number of aliphatic hydroxyl groups is 1. The van der Waals surface area contributed by atoms with E-state index in [2.05, 4.69) is 0 Å². The topological polar surface area (TPSA) is 20.2 Å². The maximum absolute atomic E-state index is 12.9. The van der Waals surface area contributed by atoms with Gasteiger partial charge in [0, 0.05) is 0 Å². The lowest BCUT2D eigenvalue weighted by Crippen LogP contribution is -2.11. The van der Waals surface area contributed by atoms with Crippen LogP contribution in [-0.2, 0) is 0 Å². The lowest BCUT2D eigenvalue weighted by molar-refractivity contribution is 0.122. The quantitative estimate of drug-likeness (QED) is 0.799. The third-order valence-electron chi connectivity index (χ3n) is 2.13. The monoisotopic (exact) mass is 214 g/mol. The van der Waals surface area contributed by atoms with Gasteiger partial charge in [-0.1, -0.05) is 26.8 Å². The second-order valence-electron chi connectivity index (χ2n) is 4.95. The summed E-state index contributed by atoms with van der Waals surface area (Å²) in [4.78, 5) is 0. The second-order valence-corrected chi connectivity index (χ2v) is 4.95. The molecule has 0 saturated heterocycles. The molecular formula is C12H16F2O. The molecule has 1 aromatic carbocycles. The van der Waals surface area contributed by atoms with Crippen LogP contribution in [0.2, 0.25) is 0 Å². The molecule has 0 aliphatic carbocycles.